The number of aromatic nitrogens is 2. The van der Waals surface area contributed by atoms with Gasteiger partial charge in [0.15, 0.2) is 0 Å². The second-order valence-electron chi connectivity index (χ2n) is 9.81. The molecule has 1 aliphatic carbocycles. The highest BCUT2D eigenvalue weighted by Crippen LogP contribution is 2.32. The summed E-state index contributed by atoms with van der Waals surface area (Å²) >= 11 is 0. The number of benzene rings is 1. The zero-order chi connectivity index (χ0) is 21.9. The van der Waals surface area contributed by atoms with Crippen molar-refractivity contribution in [3.05, 3.63) is 52.8 Å². The van der Waals surface area contributed by atoms with Gasteiger partial charge in [0.2, 0.25) is 5.91 Å². The van der Waals surface area contributed by atoms with Crippen LogP contribution in [0.5, 0.6) is 0 Å². The summed E-state index contributed by atoms with van der Waals surface area (Å²) in [5.41, 5.74) is 4.24. The Balaban J connectivity index is 1.19. The van der Waals surface area contributed by atoms with Crippen LogP contribution in [0.15, 0.2) is 30.5 Å². The van der Waals surface area contributed by atoms with Crippen molar-refractivity contribution in [3.63, 3.8) is 0 Å². The fourth-order valence-electron chi connectivity index (χ4n) is 5.80. The van der Waals surface area contributed by atoms with Crippen molar-refractivity contribution >= 4 is 11.8 Å². The average molecular weight is 435 g/mol. The van der Waals surface area contributed by atoms with Crippen molar-refractivity contribution < 1.29 is 9.59 Å². The Bertz CT molecular complexity index is 954. The van der Waals surface area contributed by atoms with Crippen molar-refractivity contribution in [2.75, 3.05) is 19.6 Å². The van der Waals surface area contributed by atoms with Gasteiger partial charge >= 0.3 is 0 Å². The van der Waals surface area contributed by atoms with Crippen molar-refractivity contribution in [2.24, 2.45) is 5.92 Å². The lowest BCUT2D eigenvalue weighted by molar-refractivity contribution is -0.133. The molecule has 0 unspecified atom stereocenters. The molecule has 2 aromatic rings. The Kier molecular flexibility index (Phi) is 6.28. The second-order valence-corrected chi connectivity index (χ2v) is 9.81. The molecule has 0 radical (unpaired) electrons. The van der Waals surface area contributed by atoms with Crippen molar-refractivity contribution in [1.29, 1.82) is 0 Å². The first-order valence-corrected chi connectivity index (χ1v) is 12.4. The molecule has 3 aliphatic rings. The van der Waals surface area contributed by atoms with Crippen LogP contribution >= 0.6 is 0 Å². The van der Waals surface area contributed by atoms with E-state index in [0.29, 0.717) is 23.9 Å². The van der Waals surface area contributed by atoms with Crippen LogP contribution in [0.1, 0.15) is 84.5 Å². The third kappa shape index (κ3) is 4.45. The maximum absolute atomic E-state index is 13.3. The monoisotopic (exact) mass is 434 g/mol. The van der Waals surface area contributed by atoms with Gasteiger partial charge in [0, 0.05) is 38.5 Å². The summed E-state index contributed by atoms with van der Waals surface area (Å²) in [6.07, 6.45) is 11.4. The van der Waals surface area contributed by atoms with Gasteiger partial charge in [0.05, 0.1) is 17.5 Å². The number of carbonyl (C=O) groups is 2. The minimum atomic E-state index is 0.0686. The van der Waals surface area contributed by atoms with E-state index in [1.54, 1.807) is 6.20 Å². The summed E-state index contributed by atoms with van der Waals surface area (Å²) in [4.78, 5) is 30.1. The molecule has 1 saturated carbocycles. The topological polar surface area (TPSA) is 69.3 Å². The summed E-state index contributed by atoms with van der Waals surface area (Å²) in [7, 11) is 0. The normalized spacial score (nSPS) is 20.2. The molecule has 170 valence electrons. The first kappa shape index (κ1) is 21.2. The predicted octanol–water partition coefficient (Wildman–Crippen LogP) is 4.28. The van der Waals surface area contributed by atoms with Gasteiger partial charge in [-0.3, -0.25) is 14.7 Å². The number of H-pyrrole nitrogens is 1. The zero-order valence-corrected chi connectivity index (χ0v) is 18.9. The largest absolute Gasteiger partial charge is 0.343 e. The number of hydrogen-bond donors (Lipinski definition) is 1. The third-order valence-electron chi connectivity index (χ3n) is 7.76. The lowest BCUT2D eigenvalue weighted by atomic mass is 9.86. The van der Waals surface area contributed by atoms with Gasteiger partial charge in [-0.15, -0.1) is 0 Å². The van der Waals surface area contributed by atoms with E-state index in [1.807, 2.05) is 15.9 Å². The van der Waals surface area contributed by atoms with Crippen molar-refractivity contribution in [3.8, 4) is 0 Å². The molecule has 5 rings (SSSR count). The highest BCUT2D eigenvalue weighted by atomic mass is 16.2. The van der Waals surface area contributed by atoms with Crippen LogP contribution < -0.4 is 0 Å². The first-order valence-electron chi connectivity index (χ1n) is 12.4. The van der Waals surface area contributed by atoms with E-state index in [1.165, 1.54) is 43.2 Å². The SMILES string of the molecule is O=C(CC1CCCCC1)N1CCC(c2[nH]ncc2C(=O)N2CCc3ccccc3C2)CC1. The predicted molar refractivity (Wildman–Crippen MR) is 123 cm³/mol. The Morgan fingerprint density at radius 3 is 2.47 bits per heavy atom. The molecule has 6 nitrogen and oxygen atoms in total. The smallest absolute Gasteiger partial charge is 0.257 e. The molecule has 1 aromatic carbocycles. The highest BCUT2D eigenvalue weighted by Gasteiger charge is 2.31. The van der Waals surface area contributed by atoms with Crippen LogP contribution in [-0.4, -0.2) is 51.4 Å². The second kappa shape index (κ2) is 9.47. The van der Waals surface area contributed by atoms with Crippen LogP contribution in [0, 0.1) is 5.92 Å². The Morgan fingerprint density at radius 2 is 1.69 bits per heavy atom. The standard InChI is InChI=1S/C26H34N4O2/c31-24(16-19-6-2-1-3-7-19)29-13-11-21(12-14-29)25-23(17-27-28-25)26(32)30-15-10-20-8-4-5-9-22(20)18-30/h4-5,8-9,17,19,21H,1-3,6-7,10-16,18H2,(H,27,28). The number of amides is 2. The molecule has 0 atom stereocenters. The maximum Gasteiger partial charge on any atom is 0.257 e. The van der Waals surface area contributed by atoms with E-state index in [9.17, 15) is 9.59 Å². The molecule has 32 heavy (non-hydrogen) atoms. The van der Waals surface area contributed by atoms with Gasteiger partial charge in [-0.2, -0.15) is 5.10 Å². The molecule has 1 saturated heterocycles. The van der Waals surface area contributed by atoms with E-state index in [2.05, 4.69) is 28.4 Å². The lowest BCUT2D eigenvalue weighted by Gasteiger charge is -2.34. The molecule has 2 fully saturated rings. The molecule has 3 heterocycles. The summed E-state index contributed by atoms with van der Waals surface area (Å²) in [6.45, 7) is 2.96. The van der Waals surface area contributed by atoms with Crippen molar-refractivity contribution in [1.82, 2.24) is 20.0 Å². The van der Waals surface area contributed by atoms with Gasteiger partial charge in [-0.1, -0.05) is 43.5 Å². The van der Waals surface area contributed by atoms with Crippen LogP contribution in [0.3, 0.4) is 0 Å². The fourth-order valence-corrected chi connectivity index (χ4v) is 5.80. The summed E-state index contributed by atoms with van der Waals surface area (Å²) < 4.78 is 0. The lowest BCUT2D eigenvalue weighted by Crippen LogP contribution is -2.39. The quantitative estimate of drug-likeness (QED) is 0.781. The number of rotatable bonds is 4. The summed E-state index contributed by atoms with van der Waals surface area (Å²) in [5, 5.41) is 7.36. The van der Waals surface area contributed by atoms with Crippen LogP contribution in [-0.2, 0) is 17.8 Å². The summed E-state index contributed by atoms with van der Waals surface area (Å²) in [5.74, 6) is 1.23. The van der Waals surface area contributed by atoms with Gasteiger partial charge in [-0.25, -0.2) is 0 Å². The molecule has 0 bridgehead atoms. The number of piperidine rings is 1. The molecule has 1 aromatic heterocycles. The van der Waals surface area contributed by atoms with E-state index >= 15 is 0 Å². The molecule has 2 aliphatic heterocycles. The number of nitrogens with one attached hydrogen (secondary N) is 1. The molecule has 1 N–H and O–H groups in total. The number of aromatic amines is 1. The third-order valence-corrected chi connectivity index (χ3v) is 7.76. The van der Waals surface area contributed by atoms with Crippen LogP contribution in [0.25, 0.3) is 0 Å². The minimum absolute atomic E-state index is 0.0686. The van der Waals surface area contributed by atoms with Gasteiger partial charge in [0.1, 0.15) is 0 Å². The number of fused-ring (bicyclic) bond motifs is 1. The Labute approximate surface area is 190 Å². The molecule has 0 spiro atoms. The van der Waals surface area contributed by atoms with E-state index in [0.717, 1.165) is 51.0 Å². The Morgan fingerprint density at radius 1 is 0.938 bits per heavy atom. The number of hydrogen-bond acceptors (Lipinski definition) is 3. The van der Waals surface area contributed by atoms with E-state index in [-0.39, 0.29) is 11.8 Å². The molecule has 2 amide bonds. The van der Waals surface area contributed by atoms with Gasteiger partial charge in [-0.05, 0) is 49.1 Å². The highest BCUT2D eigenvalue weighted by molar-refractivity contribution is 5.95. The zero-order valence-electron chi connectivity index (χ0n) is 18.9. The number of nitrogens with zero attached hydrogens (tertiary/aromatic N) is 3. The Hall–Kier alpha value is -2.63. The summed E-state index contributed by atoms with van der Waals surface area (Å²) in [6, 6.07) is 8.38. The molecule has 6 heteroatoms. The fraction of sp³-hybridized carbons (Fsp3) is 0.577. The van der Waals surface area contributed by atoms with Gasteiger partial charge < -0.3 is 9.80 Å². The average Bonchev–Trinajstić information content (AvgIpc) is 3.34. The van der Waals surface area contributed by atoms with Crippen LogP contribution in [0.2, 0.25) is 0 Å². The van der Waals surface area contributed by atoms with E-state index in [4.69, 9.17) is 0 Å². The first-order chi connectivity index (χ1) is 15.7. The maximum atomic E-state index is 13.3. The van der Waals surface area contributed by atoms with E-state index < -0.39 is 0 Å². The number of carbonyl (C=O) groups excluding carboxylic acids is 2. The molecular weight excluding hydrogens is 400 g/mol. The number of likely N-dealkylation sites (tertiary alicyclic amines) is 1. The van der Waals surface area contributed by atoms with Gasteiger partial charge in [0.25, 0.3) is 5.91 Å². The van der Waals surface area contributed by atoms with Crippen LogP contribution in [0.4, 0.5) is 0 Å². The van der Waals surface area contributed by atoms with Crippen molar-refractivity contribution in [2.45, 2.75) is 70.3 Å². The minimum Gasteiger partial charge on any atom is -0.343 e. The molecular formula is C26H34N4O2.